The van der Waals surface area contributed by atoms with Gasteiger partial charge in [-0.25, -0.2) is 9.38 Å². The van der Waals surface area contributed by atoms with Crippen LogP contribution in [0.5, 0.6) is 17.2 Å². The number of ether oxygens (including phenoxy) is 1. The summed E-state index contributed by atoms with van der Waals surface area (Å²) in [6.07, 6.45) is 0.605. The molecule has 0 aliphatic carbocycles. The summed E-state index contributed by atoms with van der Waals surface area (Å²) >= 11 is 1.45. The molecule has 2 aromatic carbocycles. The van der Waals surface area contributed by atoms with Crippen molar-refractivity contribution in [3.05, 3.63) is 47.3 Å². The van der Waals surface area contributed by atoms with Gasteiger partial charge in [-0.2, -0.15) is 0 Å². The van der Waals surface area contributed by atoms with E-state index >= 15 is 0 Å². The third-order valence-corrected chi connectivity index (χ3v) is 4.95. The van der Waals surface area contributed by atoms with Crippen LogP contribution in [-0.4, -0.2) is 16.0 Å². The van der Waals surface area contributed by atoms with Crippen LogP contribution in [0.1, 0.15) is 17.5 Å². The highest BCUT2D eigenvalue weighted by Crippen LogP contribution is 2.54. The summed E-state index contributed by atoms with van der Waals surface area (Å²) in [6.45, 7) is 0. The van der Waals surface area contributed by atoms with Crippen LogP contribution < -0.4 is 16.2 Å². The van der Waals surface area contributed by atoms with E-state index in [-0.39, 0.29) is 11.5 Å². The molecule has 2 aliphatic rings. The maximum absolute atomic E-state index is 14.3. The number of rotatable bonds is 0. The first-order valence-electron chi connectivity index (χ1n) is 7.08. The number of halogens is 1. The number of nitrogen functional groups attached to an aromatic ring is 1. The molecule has 1 atom stereocenters. The zero-order chi connectivity index (χ0) is 16.2. The summed E-state index contributed by atoms with van der Waals surface area (Å²) in [6, 6.07) is 7.68. The standard InChI is InChI=1S/C16H14FN3O2S/c17-12-7-9(21)6-11-14(12)22-13-2-1-8(18)5-10(13)16(11)3-4-23-15(19)20-16/h1-2,5-7,21H,3-4,18H2,(H2,19,20)/t16-/m0/s1. The molecule has 1 spiro atoms. The van der Waals surface area contributed by atoms with E-state index in [1.807, 2.05) is 0 Å². The lowest BCUT2D eigenvalue weighted by Gasteiger charge is -2.39. The van der Waals surface area contributed by atoms with E-state index in [2.05, 4.69) is 4.99 Å². The van der Waals surface area contributed by atoms with Gasteiger partial charge in [0.05, 0.1) is 0 Å². The van der Waals surface area contributed by atoms with E-state index in [4.69, 9.17) is 16.2 Å². The highest BCUT2D eigenvalue weighted by atomic mass is 32.2. The van der Waals surface area contributed by atoms with Crippen molar-refractivity contribution < 1.29 is 14.2 Å². The van der Waals surface area contributed by atoms with E-state index in [0.29, 0.717) is 28.6 Å². The molecule has 0 fully saturated rings. The lowest BCUT2D eigenvalue weighted by Crippen LogP contribution is -2.35. The number of nitrogens with two attached hydrogens (primary N) is 2. The number of hydrogen-bond donors (Lipinski definition) is 3. The van der Waals surface area contributed by atoms with E-state index in [0.717, 1.165) is 17.4 Å². The third-order valence-electron chi connectivity index (χ3n) is 4.15. The molecule has 0 amide bonds. The van der Waals surface area contributed by atoms with Gasteiger partial charge in [-0.3, -0.25) is 0 Å². The number of nitrogens with zero attached hydrogens (tertiary/aromatic N) is 1. The summed E-state index contributed by atoms with van der Waals surface area (Å²) in [5.74, 6) is 0.487. The molecule has 4 rings (SSSR count). The van der Waals surface area contributed by atoms with Crippen molar-refractivity contribution in [1.82, 2.24) is 0 Å². The van der Waals surface area contributed by atoms with Crippen molar-refractivity contribution in [3.8, 4) is 17.2 Å². The minimum atomic E-state index is -0.896. The second-order valence-corrected chi connectivity index (χ2v) is 6.69. The molecule has 2 aromatic rings. The van der Waals surface area contributed by atoms with Crippen LogP contribution >= 0.6 is 11.8 Å². The molecule has 5 nitrogen and oxygen atoms in total. The smallest absolute Gasteiger partial charge is 0.169 e. The molecule has 2 aliphatic heterocycles. The van der Waals surface area contributed by atoms with Crippen molar-refractivity contribution >= 4 is 22.6 Å². The van der Waals surface area contributed by atoms with Crippen molar-refractivity contribution in [2.24, 2.45) is 10.7 Å². The molecule has 0 unspecified atom stereocenters. The van der Waals surface area contributed by atoms with Crippen molar-refractivity contribution in [2.45, 2.75) is 12.0 Å². The molecule has 23 heavy (non-hydrogen) atoms. The van der Waals surface area contributed by atoms with Crippen LogP contribution in [0.25, 0.3) is 0 Å². The fourth-order valence-electron chi connectivity index (χ4n) is 3.17. The second kappa shape index (κ2) is 4.79. The first-order chi connectivity index (χ1) is 11.0. The van der Waals surface area contributed by atoms with Crippen LogP contribution in [-0.2, 0) is 5.54 Å². The van der Waals surface area contributed by atoms with E-state index in [1.165, 1.54) is 17.8 Å². The first kappa shape index (κ1) is 14.2. The summed E-state index contributed by atoms with van der Waals surface area (Å²) < 4.78 is 20.1. The number of thioether (sulfide) groups is 1. The van der Waals surface area contributed by atoms with Crippen molar-refractivity contribution in [3.63, 3.8) is 0 Å². The molecule has 0 bridgehead atoms. The summed E-state index contributed by atoms with van der Waals surface area (Å²) in [5, 5.41) is 10.3. The molecule has 2 heterocycles. The lowest BCUT2D eigenvalue weighted by atomic mass is 9.78. The molecule has 0 saturated heterocycles. The lowest BCUT2D eigenvalue weighted by molar-refractivity contribution is 0.364. The van der Waals surface area contributed by atoms with Crippen molar-refractivity contribution in [2.75, 3.05) is 11.5 Å². The van der Waals surface area contributed by atoms with Gasteiger partial charge in [-0.1, -0.05) is 11.8 Å². The Balaban J connectivity index is 2.08. The average molecular weight is 331 g/mol. The molecule has 118 valence electrons. The van der Waals surface area contributed by atoms with Crippen LogP contribution in [0, 0.1) is 5.82 Å². The number of anilines is 1. The highest BCUT2D eigenvalue weighted by Gasteiger charge is 2.45. The fourth-order valence-corrected chi connectivity index (χ4v) is 4.00. The van der Waals surface area contributed by atoms with E-state index in [9.17, 15) is 9.50 Å². The number of benzene rings is 2. The number of aromatic hydroxyl groups is 1. The summed E-state index contributed by atoms with van der Waals surface area (Å²) in [5.41, 5.74) is 12.7. The molecule has 5 N–H and O–H groups in total. The SMILES string of the molecule is NC1=N[C@@]2(CCS1)c1cc(N)ccc1Oc1c(F)cc(O)cc12. The number of hydrogen-bond acceptors (Lipinski definition) is 6. The van der Waals surface area contributed by atoms with Gasteiger partial charge in [0.15, 0.2) is 16.7 Å². The van der Waals surface area contributed by atoms with Crippen LogP contribution in [0.15, 0.2) is 35.3 Å². The second-order valence-electron chi connectivity index (χ2n) is 5.57. The van der Waals surface area contributed by atoms with Gasteiger partial charge in [0.1, 0.15) is 17.0 Å². The van der Waals surface area contributed by atoms with Gasteiger partial charge in [-0.15, -0.1) is 0 Å². The summed E-state index contributed by atoms with van der Waals surface area (Å²) in [4.78, 5) is 4.62. The van der Waals surface area contributed by atoms with E-state index < -0.39 is 11.4 Å². The number of fused-ring (bicyclic) bond motifs is 4. The molecular formula is C16H14FN3O2S. The molecule has 0 radical (unpaired) electrons. The third kappa shape index (κ3) is 2.03. The Kier molecular flexibility index (Phi) is 2.96. The van der Waals surface area contributed by atoms with Crippen LogP contribution in [0.3, 0.4) is 0 Å². The van der Waals surface area contributed by atoms with E-state index in [1.54, 1.807) is 18.2 Å². The quantitative estimate of drug-likeness (QED) is 0.645. The Morgan fingerprint density at radius 1 is 1.22 bits per heavy atom. The predicted octanol–water partition coefficient (Wildman–Crippen LogP) is 2.91. The average Bonchev–Trinajstić information content (AvgIpc) is 2.50. The minimum Gasteiger partial charge on any atom is -0.508 e. The molecular weight excluding hydrogens is 317 g/mol. The zero-order valence-electron chi connectivity index (χ0n) is 12.0. The minimum absolute atomic E-state index is 0.0727. The molecule has 0 aromatic heterocycles. The van der Waals surface area contributed by atoms with Gasteiger partial charge in [0, 0.05) is 28.6 Å². The zero-order valence-corrected chi connectivity index (χ0v) is 12.9. The Bertz CT molecular complexity index is 855. The maximum atomic E-state index is 14.3. The van der Waals surface area contributed by atoms with Gasteiger partial charge in [0.2, 0.25) is 0 Å². The van der Waals surface area contributed by atoms with Gasteiger partial charge in [0.25, 0.3) is 0 Å². The van der Waals surface area contributed by atoms with Gasteiger partial charge >= 0.3 is 0 Å². The number of aliphatic imine (C=N–C) groups is 1. The van der Waals surface area contributed by atoms with Gasteiger partial charge < -0.3 is 21.3 Å². The normalized spacial score (nSPS) is 22.0. The molecule has 0 saturated carbocycles. The largest absolute Gasteiger partial charge is 0.508 e. The summed E-state index contributed by atoms with van der Waals surface area (Å²) in [7, 11) is 0. The maximum Gasteiger partial charge on any atom is 0.169 e. The topological polar surface area (TPSA) is 93.9 Å². The monoisotopic (exact) mass is 331 g/mol. The van der Waals surface area contributed by atoms with Crippen LogP contribution in [0.2, 0.25) is 0 Å². The van der Waals surface area contributed by atoms with Gasteiger partial charge in [-0.05, 0) is 30.7 Å². The Hall–Kier alpha value is -2.41. The molecule has 7 heteroatoms. The Labute approximate surface area is 136 Å². The number of phenolic OH excluding ortho intramolecular Hbond substituents is 1. The predicted molar refractivity (Wildman–Crippen MR) is 88.5 cm³/mol. The van der Waals surface area contributed by atoms with Crippen LogP contribution in [0.4, 0.5) is 10.1 Å². The first-order valence-corrected chi connectivity index (χ1v) is 8.07. The van der Waals surface area contributed by atoms with Crippen molar-refractivity contribution in [1.29, 1.82) is 0 Å². The Morgan fingerprint density at radius 2 is 2.04 bits per heavy atom. The Morgan fingerprint density at radius 3 is 2.83 bits per heavy atom. The fraction of sp³-hybridized carbons (Fsp3) is 0.188. The number of phenols is 1. The number of amidine groups is 1. The highest BCUT2D eigenvalue weighted by molar-refractivity contribution is 8.13.